The Morgan fingerprint density at radius 1 is 1.26 bits per heavy atom. The molecule has 0 aliphatic rings. The summed E-state index contributed by atoms with van der Waals surface area (Å²) in [4.78, 5) is 4.34. The normalized spacial score (nSPS) is 11.0. The summed E-state index contributed by atoms with van der Waals surface area (Å²) in [6, 6.07) is 7.58. The van der Waals surface area contributed by atoms with Crippen molar-refractivity contribution in [2.45, 2.75) is 33.3 Å². The summed E-state index contributed by atoms with van der Waals surface area (Å²) >= 11 is 0. The average molecular weight is 261 g/mol. The highest BCUT2D eigenvalue weighted by molar-refractivity contribution is 5.55. The molecule has 2 rings (SSSR count). The molecule has 0 spiro atoms. The smallest absolute Gasteiger partial charge is 0.226 e. The molecule has 4 heteroatoms. The van der Waals surface area contributed by atoms with Crippen molar-refractivity contribution in [2.75, 3.05) is 6.61 Å². The molecule has 102 valence electrons. The molecule has 1 heterocycles. The van der Waals surface area contributed by atoms with E-state index in [1.807, 2.05) is 45.0 Å². The van der Waals surface area contributed by atoms with Gasteiger partial charge in [-0.15, -0.1) is 0 Å². The lowest BCUT2D eigenvalue weighted by atomic mass is 10.1. The highest BCUT2D eigenvalue weighted by atomic mass is 16.5. The topological polar surface area (TPSA) is 55.5 Å². The van der Waals surface area contributed by atoms with Crippen LogP contribution in [0.1, 0.15) is 38.1 Å². The maximum absolute atomic E-state index is 9.30. The second-order valence-corrected chi connectivity index (χ2v) is 4.60. The molecule has 0 saturated carbocycles. The molecule has 0 fully saturated rings. The quantitative estimate of drug-likeness (QED) is 0.896. The van der Waals surface area contributed by atoms with Gasteiger partial charge in [0.2, 0.25) is 5.89 Å². The monoisotopic (exact) mass is 261 g/mol. The summed E-state index contributed by atoms with van der Waals surface area (Å²) in [6.07, 6.45) is 0. The number of benzene rings is 1. The molecule has 0 aliphatic carbocycles. The second-order valence-electron chi connectivity index (χ2n) is 4.60. The minimum absolute atomic E-state index is 0.103. The average Bonchev–Trinajstić information content (AvgIpc) is 2.84. The number of hydrogen-bond acceptors (Lipinski definition) is 4. The van der Waals surface area contributed by atoms with Gasteiger partial charge in [0.15, 0.2) is 0 Å². The van der Waals surface area contributed by atoms with E-state index in [0.29, 0.717) is 18.2 Å². The predicted octanol–water partition coefficient (Wildman–Crippen LogP) is 3.36. The Kier molecular flexibility index (Phi) is 4.22. The number of nitrogens with zero attached hydrogens (tertiary/aromatic N) is 1. The van der Waals surface area contributed by atoms with Crippen LogP contribution < -0.4 is 4.74 Å². The molecule has 4 nitrogen and oxygen atoms in total. The first-order valence-electron chi connectivity index (χ1n) is 6.49. The minimum atomic E-state index is -0.103. The van der Waals surface area contributed by atoms with Crippen LogP contribution in [-0.4, -0.2) is 16.7 Å². The Morgan fingerprint density at radius 2 is 1.95 bits per heavy atom. The maximum Gasteiger partial charge on any atom is 0.226 e. The van der Waals surface area contributed by atoms with Crippen molar-refractivity contribution in [1.29, 1.82) is 0 Å². The lowest BCUT2D eigenvalue weighted by Gasteiger charge is -2.03. The van der Waals surface area contributed by atoms with E-state index in [9.17, 15) is 5.11 Å². The van der Waals surface area contributed by atoms with Gasteiger partial charge in [0, 0.05) is 11.5 Å². The molecular formula is C15H19NO3. The standard InChI is InChI=1S/C15H19NO3/c1-4-18-12-7-5-11(6-8-12)15-16-13(9-17)14(19-15)10(2)3/h5-8,10,17H,4,9H2,1-3H3. The Labute approximate surface area is 113 Å². The van der Waals surface area contributed by atoms with Crippen LogP contribution in [0.4, 0.5) is 0 Å². The van der Waals surface area contributed by atoms with Gasteiger partial charge in [0.1, 0.15) is 17.2 Å². The molecule has 1 N–H and O–H groups in total. The third-order valence-corrected chi connectivity index (χ3v) is 2.81. The van der Waals surface area contributed by atoms with E-state index in [2.05, 4.69) is 4.98 Å². The van der Waals surface area contributed by atoms with Gasteiger partial charge in [-0.05, 0) is 31.2 Å². The van der Waals surface area contributed by atoms with E-state index in [0.717, 1.165) is 17.1 Å². The summed E-state index contributed by atoms with van der Waals surface area (Å²) in [7, 11) is 0. The molecule has 0 unspecified atom stereocenters. The van der Waals surface area contributed by atoms with E-state index < -0.39 is 0 Å². The van der Waals surface area contributed by atoms with Crippen molar-refractivity contribution in [1.82, 2.24) is 4.98 Å². The van der Waals surface area contributed by atoms with Crippen molar-refractivity contribution in [3.05, 3.63) is 35.7 Å². The van der Waals surface area contributed by atoms with E-state index >= 15 is 0 Å². The molecule has 2 aromatic rings. The van der Waals surface area contributed by atoms with Crippen molar-refractivity contribution in [2.24, 2.45) is 0 Å². The molecule has 0 radical (unpaired) electrons. The van der Waals surface area contributed by atoms with Gasteiger partial charge in [-0.25, -0.2) is 4.98 Å². The van der Waals surface area contributed by atoms with Crippen molar-refractivity contribution >= 4 is 0 Å². The van der Waals surface area contributed by atoms with E-state index in [1.54, 1.807) is 0 Å². The Hall–Kier alpha value is -1.81. The number of hydrogen-bond donors (Lipinski definition) is 1. The summed E-state index contributed by atoms with van der Waals surface area (Å²) in [5, 5.41) is 9.30. The number of oxazole rings is 1. The van der Waals surface area contributed by atoms with Gasteiger partial charge in [-0.2, -0.15) is 0 Å². The molecule has 1 aromatic heterocycles. The summed E-state index contributed by atoms with van der Waals surface area (Å²) < 4.78 is 11.1. The fraction of sp³-hybridized carbons (Fsp3) is 0.400. The summed E-state index contributed by atoms with van der Waals surface area (Å²) in [5.74, 6) is 2.30. The highest BCUT2D eigenvalue weighted by Gasteiger charge is 2.16. The molecule has 0 bridgehead atoms. The second kappa shape index (κ2) is 5.89. The Balaban J connectivity index is 2.31. The molecule has 0 amide bonds. The van der Waals surface area contributed by atoms with Crippen LogP contribution in [0, 0.1) is 0 Å². The zero-order valence-electron chi connectivity index (χ0n) is 11.5. The number of aliphatic hydroxyl groups is 1. The van der Waals surface area contributed by atoms with Gasteiger partial charge in [-0.3, -0.25) is 0 Å². The largest absolute Gasteiger partial charge is 0.494 e. The van der Waals surface area contributed by atoms with Crippen LogP contribution in [0.15, 0.2) is 28.7 Å². The van der Waals surface area contributed by atoms with Crippen LogP contribution >= 0.6 is 0 Å². The third-order valence-electron chi connectivity index (χ3n) is 2.81. The van der Waals surface area contributed by atoms with Crippen molar-refractivity contribution in [3.8, 4) is 17.2 Å². The van der Waals surface area contributed by atoms with Gasteiger partial charge < -0.3 is 14.3 Å². The first kappa shape index (κ1) is 13.6. The van der Waals surface area contributed by atoms with Crippen LogP contribution in [-0.2, 0) is 6.61 Å². The van der Waals surface area contributed by atoms with Crippen molar-refractivity contribution in [3.63, 3.8) is 0 Å². The lowest BCUT2D eigenvalue weighted by Crippen LogP contribution is -1.92. The van der Waals surface area contributed by atoms with Gasteiger partial charge >= 0.3 is 0 Å². The van der Waals surface area contributed by atoms with Gasteiger partial charge in [0.25, 0.3) is 0 Å². The summed E-state index contributed by atoms with van der Waals surface area (Å²) in [5.41, 5.74) is 1.49. The zero-order chi connectivity index (χ0) is 13.8. The fourth-order valence-electron chi connectivity index (χ4n) is 1.91. The number of aliphatic hydroxyl groups excluding tert-OH is 1. The maximum atomic E-state index is 9.30. The number of rotatable bonds is 5. The van der Waals surface area contributed by atoms with E-state index in [4.69, 9.17) is 9.15 Å². The van der Waals surface area contributed by atoms with Crippen molar-refractivity contribution < 1.29 is 14.3 Å². The zero-order valence-corrected chi connectivity index (χ0v) is 11.5. The first-order chi connectivity index (χ1) is 9.15. The third kappa shape index (κ3) is 2.96. The first-order valence-corrected chi connectivity index (χ1v) is 6.49. The van der Waals surface area contributed by atoms with Gasteiger partial charge in [-0.1, -0.05) is 13.8 Å². The SMILES string of the molecule is CCOc1ccc(-c2nc(CO)c(C(C)C)o2)cc1. The fourth-order valence-corrected chi connectivity index (χ4v) is 1.91. The van der Waals surface area contributed by atoms with Crippen LogP contribution in [0.3, 0.4) is 0 Å². The molecule has 1 aromatic carbocycles. The number of aromatic nitrogens is 1. The van der Waals surface area contributed by atoms with Crippen LogP contribution in [0.5, 0.6) is 5.75 Å². The van der Waals surface area contributed by atoms with E-state index in [1.165, 1.54) is 0 Å². The predicted molar refractivity (Wildman–Crippen MR) is 73.1 cm³/mol. The molecule has 0 aliphatic heterocycles. The molecular weight excluding hydrogens is 242 g/mol. The van der Waals surface area contributed by atoms with Crippen LogP contribution in [0.2, 0.25) is 0 Å². The molecule has 19 heavy (non-hydrogen) atoms. The summed E-state index contributed by atoms with van der Waals surface area (Å²) in [6.45, 7) is 6.52. The molecule has 0 atom stereocenters. The Bertz CT molecular complexity index is 529. The lowest BCUT2D eigenvalue weighted by molar-refractivity contribution is 0.273. The highest BCUT2D eigenvalue weighted by Crippen LogP contribution is 2.28. The minimum Gasteiger partial charge on any atom is -0.494 e. The number of ether oxygens (including phenoxy) is 1. The van der Waals surface area contributed by atoms with Crippen LogP contribution in [0.25, 0.3) is 11.5 Å². The Morgan fingerprint density at radius 3 is 2.42 bits per heavy atom. The van der Waals surface area contributed by atoms with E-state index in [-0.39, 0.29) is 12.5 Å². The molecule has 0 saturated heterocycles. The van der Waals surface area contributed by atoms with Gasteiger partial charge in [0.05, 0.1) is 13.2 Å².